The van der Waals surface area contributed by atoms with Crippen molar-refractivity contribution in [3.05, 3.63) is 65.7 Å². The molecule has 108 valence electrons. The molecule has 0 saturated carbocycles. The molecule has 5 nitrogen and oxygen atoms in total. The van der Waals surface area contributed by atoms with Crippen LogP contribution in [0.3, 0.4) is 0 Å². The Bertz CT molecular complexity index is 883. The van der Waals surface area contributed by atoms with E-state index in [2.05, 4.69) is 38.6 Å². The van der Waals surface area contributed by atoms with Crippen LogP contribution in [-0.4, -0.2) is 19.6 Å². The number of aromatic nitrogens is 4. The van der Waals surface area contributed by atoms with Crippen molar-refractivity contribution in [3.8, 4) is 10.6 Å². The van der Waals surface area contributed by atoms with Gasteiger partial charge < -0.3 is 5.32 Å². The predicted molar refractivity (Wildman–Crippen MR) is 87.9 cm³/mol. The molecule has 3 aromatic heterocycles. The van der Waals surface area contributed by atoms with Crippen LogP contribution in [0.4, 0.5) is 5.95 Å². The molecule has 0 spiro atoms. The molecule has 1 N–H and O–H groups in total. The van der Waals surface area contributed by atoms with Crippen LogP contribution in [0, 0.1) is 0 Å². The highest BCUT2D eigenvalue weighted by Gasteiger charge is 2.10. The fraction of sp³-hybridized carbons (Fsp3) is 0.0625. The van der Waals surface area contributed by atoms with E-state index in [1.54, 1.807) is 22.0 Å². The number of rotatable bonds is 4. The minimum absolute atomic E-state index is 0.584. The molecule has 0 aliphatic rings. The predicted octanol–water partition coefficient (Wildman–Crippen LogP) is 3.46. The summed E-state index contributed by atoms with van der Waals surface area (Å²) in [4.78, 5) is 9.86. The van der Waals surface area contributed by atoms with Crippen molar-refractivity contribution in [1.29, 1.82) is 0 Å². The van der Waals surface area contributed by atoms with Crippen LogP contribution >= 0.6 is 11.3 Å². The summed E-state index contributed by atoms with van der Waals surface area (Å²) in [7, 11) is 0. The molecule has 0 aliphatic carbocycles. The number of fused-ring (bicyclic) bond motifs is 1. The van der Waals surface area contributed by atoms with E-state index in [0.29, 0.717) is 18.3 Å². The standard InChI is InChI=1S/C16H13N5S/c1-2-5-12(6-3-1)11-18-15-19-16-17-9-8-13(21(16)20-15)14-7-4-10-22-14/h1-10H,11H2,(H,18,20). The van der Waals surface area contributed by atoms with E-state index >= 15 is 0 Å². The number of hydrogen-bond acceptors (Lipinski definition) is 5. The molecule has 3 heterocycles. The second-order valence-corrected chi connectivity index (χ2v) is 5.74. The Morgan fingerprint density at radius 3 is 2.77 bits per heavy atom. The number of nitrogens with one attached hydrogen (secondary N) is 1. The molecule has 0 amide bonds. The van der Waals surface area contributed by atoms with Crippen molar-refractivity contribution in [2.75, 3.05) is 5.32 Å². The highest BCUT2D eigenvalue weighted by Crippen LogP contribution is 2.24. The third kappa shape index (κ3) is 2.44. The third-order valence-corrected chi connectivity index (χ3v) is 4.20. The molecular weight excluding hydrogens is 294 g/mol. The Labute approximate surface area is 131 Å². The van der Waals surface area contributed by atoms with Crippen LogP contribution in [0.1, 0.15) is 5.56 Å². The Kier molecular flexibility index (Phi) is 3.29. The molecule has 0 aliphatic heterocycles. The summed E-state index contributed by atoms with van der Waals surface area (Å²) in [5, 5.41) is 9.81. The minimum Gasteiger partial charge on any atom is -0.349 e. The first kappa shape index (κ1) is 13.0. The summed E-state index contributed by atoms with van der Waals surface area (Å²) < 4.78 is 1.78. The van der Waals surface area contributed by atoms with Gasteiger partial charge in [0.1, 0.15) is 0 Å². The van der Waals surface area contributed by atoms with Crippen LogP contribution in [0.25, 0.3) is 16.3 Å². The fourth-order valence-electron chi connectivity index (χ4n) is 2.26. The molecule has 6 heteroatoms. The molecule has 4 rings (SSSR count). The lowest BCUT2D eigenvalue weighted by molar-refractivity contribution is 0.942. The van der Waals surface area contributed by atoms with Gasteiger partial charge in [-0.3, -0.25) is 0 Å². The van der Waals surface area contributed by atoms with Gasteiger partial charge in [0, 0.05) is 12.7 Å². The first-order valence-electron chi connectivity index (χ1n) is 6.93. The van der Waals surface area contributed by atoms with Gasteiger partial charge in [0.25, 0.3) is 5.78 Å². The first-order chi connectivity index (χ1) is 10.9. The Hall–Kier alpha value is -2.73. The summed E-state index contributed by atoms with van der Waals surface area (Å²) in [6.45, 7) is 0.687. The van der Waals surface area contributed by atoms with Crippen LogP contribution in [0.2, 0.25) is 0 Å². The van der Waals surface area contributed by atoms with Gasteiger partial charge in [-0.15, -0.1) is 16.4 Å². The molecule has 0 unspecified atom stereocenters. The summed E-state index contributed by atoms with van der Waals surface area (Å²) in [6.07, 6.45) is 1.76. The van der Waals surface area contributed by atoms with Gasteiger partial charge in [0.2, 0.25) is 5.95 Å². The molecule has 4 aromatic rings. The molecule has 0 bridgehead atoms. The Balaban J connectivity index is 1.65. The van der Waals surface area contributed by atoms with Crippen LogP contribution < -0.4 is 5.32 Å². The van der Waals surface area contributed by atoms with Crippen molar-refractivity contribution in [2.45, 2.75) is 6.54 Å². The smallest absolute Gasteiger partial charge is 0.254 e. The van der Waals surface area contributed by atoms with Crippen molar-refractivity contribution in [2.24, 2.45) is 0 Å². The lowest BCUT2D eigenvalue weighted by Crippen LogP contribution is -2.01. The Morgan fingerprint density at radius 2 is 1.95 bits per heavy atom. The van der Waals surface area contributed by atoms with Crippen molar-refractivity contribution in [3.63, 3.8) is 0 Å². The molecular formula is C16H13N5S. The van der Waals surface area contributed by atoms with Crippen molar-refractivity contribution >= 4 is 23.1 Å². The van der Waals surface area contributed by atoms with Crippen molar-refractivity contribution < 1.29 is 0 Å². The van der Waals surface area contributed by atoms with Gasteiger partial charge in [-0.25, -0.2) is 4.98 Å². The van der Waals surface area contributed by atoms with Crippen molar-refractivity contribution in [1.82, 2.24) is 19.6 Å². The SMILES string of the molecule is c1ccc(CNc2nc3nccc(-c4cccs4)n3n2)cc1. The average Bonchev–Trinajstić information content (AvgIpc) is 3.22. The van der Waals surface area contributed by atoms with E-state index in [-0.39, 0.29) is 0 Å². The summed E-state index contributed by atoms with van der Waals surface area (Å²) in [6, 6.07) is 16.2. The third-order valence-electron chi connectivity index (χ3n) is 3.31. The lowest BCUT2D eigenvalue weighted by atomic mass is 10.2. The highest BCUT2D eigenvalue weighted by atomic mass is 32.1. The maximum Gasteiger partial charge on any atom is 0.254 e. The van der Waals surface area contributed by atoms with E-state index in [4.69, 9.17) is 0 Å². The highest BCUT2D eigenvalue weighted by molar-refractivity contribution is 7.13. The van der Waals surface area contributed by atoms with Gasteiger partial charge in [-0.2, -0.15) is 9.50 Å². The molecule has 0 radical (unpaired) electrons. The van der Waals surface area contributed by atoms with Gasteiger partial charge in [0.15, 0.2) is 0 Å². The van der Waals surface area contributed by atoms with Gasteiger partial charge >= 0.3 is 0 Å². The number of hydrogen-bond donors (Lipinski definition) is 1. The van der Waals surface area contributed by atoms with Crippen LogP contribution in [-0.2, 0) is 6.54 Å². The van der Waals surface area contributed by atoms with E-state index in [9.17, 15) is 0 Å². The number of thiophene rings is 1. The summed E-state index contributed by atoms with van der Waals surface area (Å²) >= 11 is 1.67. The lowest BCUT2D eigenvalue weighted by Gasteiger charge is -2.01. The zero-order valence-corrected chi connectivity index (χ0v) is 12.5. The first-order valence-corrected chi connectivity index (χ1v) is 7.81. The minimum atomic E-state index is 0.584. The largest absolute Gasteiger partial charge is 0.349 e. The monoisotopic (exact) mass is 307 g/mol. The Morgan fingerprint density at radius 1 is 1.05 bits per heavy atom. The topological polar surface area (TPSA) is 55.1 Å². The van der Waals surface area contributed by atoms with E-state index in [1.807, 2.05) is 35.7 Å². The normalized spacial score (nSPS) is 10.9. The van der Waals surface area contributed by atoms with Gasteiger partial charge in [-0.1, -0.05) is 36.4 Å². The van der Waals surface area contributed by atoms with Gasteiger partial charge in [0.05, 0.1) is 10.6 Å². The molecule has 0 saturated heterocycles. The quantitative estimate of drug-likeness (QED) is 0.627. The number of anilines is 1. The number of benzene rings is 1. The zero-order valence-electron chi connectivity index (χ0n) is 11.7. The van der Waals surface area contributed by atoms with E-state index in [1.165, 1.54) is 5.56 Å². The second kappa shape index (κ2) is 5.57. The fourth-order valence-corrected chi connectivity index (χ4v) is 2.99. The van der Waals surface area contributed by atoms with Crippen LogP contribution in [0.5, 0.6) is 0 Å². The van der Waals surface area contributed by atoms with Crippen LogP contribution in [0.15, 0.2) is 60.1 Å². The summed E-state index contributed by atoms with van der Waals surface area (Å²) in [5.41, 5.74) is 2.19. The van der Waals surface area contributed by atoms with Gasteiger partial charge in [-0.05, 0) is 23.1 Å². The maximum absolute atomic E-state index is 4.52. The number of nitrogens with zero attached hydrogens (tertiary/aromatic N) is 4. The van der Waals surface area contributed by atoms with E-state index < -0.39 is 0 Å². The molecule has 0 fully saturated rings. The molecule has 1 aromatic carbocycles. The maximum atomic E-state index is 4.52. The summed E-state index contributed by atoms with van der Waals surface area (Å²) in [5.74, 6) is 1.18. The molecule has 0 atom stereocenters. The molecule has 22 heavy (non-hydrogen) atoms. The van der Waals surface area contributed by atoms with E-state index in [0.717, 1.165) is 10.6 Å². The zero-order chi connectivity index (χ0) is 14.8. The second-order valence-electron chi connectivity index (χ2n) is 4.79. The average molecular weight is 307 g/mol.